The SMILES string of the molecule is Cc1cc(F)cc2[nH]c(C(=O)NCCc3nccn3C(F)F)cc12. The molecule has 0 fully saturated rings. The molecule has 5 nitrogen and oxygen atoms in total. The molecule has 0 atom stereocenters. The number of nitrogens with zero attached hydrogens (tertiary/aromatic N) is 2. The number of rotatable bonds is 5. The zero-order valence-corrected chi connectivity index (χ0v) is 12.8. The van der Waals surface area contributed by atoms with Gasteiger partial charge in [-0.3, -0.25) is 9.36 Å². The molecule has 2 aromatic heterocycles. The Labute approximate surface area is 135 Å². The highest BCUT2D eigenvalue weighted by molar-refractivity contribution is 5.98. The molecule has 126 valence electrons. The first-order valence-electron chi connectivity index (χ1n) is 7.32. The number of fused-ring (bicyclic) bond motifs is 1. The Kier molecular flexibility index (Phi) is 4.28. The molecule has 0 aliphatic rings. The molecule has 0 saturated carbocycles. The van der Waals surface area contributed by atoms with Gasteiger partial charge in [-0.05, 0) is 30.7 Å². The fourth-order valence-electron chi connectivity index (χ4n) is 2.60. The molecule has 3 rings (SSSR count). The van der Waals surface area contributed by atoms with Crippen molar-refractivity contribution in [1.29, 1.82) is 0 Å². The summed E-state index contributed by atoms with van der Waals surface area (Å²) in [6.07, 6.45) is 2.66. The molecule has 1 aromatic carbocycles. The molecular formula is C16H15F3N4O. The number of imidazole rings is 1. The van der Waals surface area contributed by atoms with Crippen LogP contribution in [0.5, 0.6) is 0 Å². The number of alkyl halides is 2. The summed E-state index contributed by atoms with van der Waals surface area (Å²) in [4.78, 5) is 18.8. The summed E-state index contributed by atoms with van der Waals surface area (Å²) in [5.41, 5.74) is 1.54. The minimum absolute atomic E-state index is 0.158. The third-order valence-electron chi connectivity index (χ3n) is 3.75. The topological polar surface area (TPSA) is 62.7 Å². The number of hydrogen-bond donors (Lipinski definition) is 2. The number of aromatic amines is 1. The van der Waals surface area contributed by atoms with Crippen molar-refractivity contribution in [2.75, 3.05) is 6.54 Å². The summed E-state index contributed by atoms with van der Waals surface area (Å²) in [5, 5.41) is 3.40. The maximum absolute atomic E-state index is 13.4. The fraction of sp³-hybridized carbons (Fsp3) is 0.250. The molecule has 8 heteroatoms. The molecule has 0 aliphatic heterocycles. The smallest absolute Gasteiger partial charge is 0.319 e. The second-order valence-corrected chi connectivity index (χ2v) is 5.40. The highest BCUT2D eigenvalue weighted by Gasteiger charge is 2.14. The third-order valence-corrected chi connectivity index (χ3v) is 3.75. The number of halogens is 3. The number of aromatic nitrogens is 3. The van der Waals surface area contributed by atoms with Crippen molar-refractivity contribution in [3.63, 3.8) is 0 Å². The van der Waals surface area contributed by atoms with Gasteiger partial charge in [-0.25, -0.2) is 9.37 Å². The largest absolute Gasteiger partial charge is 0.350 e. The third kappa shape index (κ3) is 3.12. The number of H-pyrrole nitrogens is 1. The monoisotopic (exact) mass is 336 g/mol. The normalized spacial score (nSPS) is 11.4. The van der Waals surface area contributed by atoms with E-state index in [1.54, 1.807) is 13.0 Å². The van der Waals surface area contributed by atoms with Gasteiger partial charge in [0.25, 0.3) is 5.91 Å². The Morgan fingerprint density at radius 1 is 1.38 bits per heavy atom. The van der Waals surface area contributed by atoms with Crippen molar-refractivity contribution >= 4 is 16.8 Å². The molecule has 0 saturated heterocycles. The lowest BCUT2D eigenvalue weighted by Crippen LogP contribution is -2.26. The van der Waals surface area contributed by atoms with Crippen LogP contribution in [-0.4, -0.2) is 27.0 Å². The Hall–Kier alpha value is -2.77. The van der Waals surface area contributed by atoms with E-state index in [1.165, 1.54) is 24.5 Å². The predicted octanol–water partition coefficient (Wildman–Crippen LogP) is 3.18. The number of carbonyl (C=O) groups is 1. The van der Waals surface area contributed by atoms with Gasteiger partial charge in [0, 0.05) is 36.3 Å². The lowest BCUT2D eigenvalue weighted by molar-refractivity contribution is 0.0670. The Bertz CT molecular complexity index is 885. The summed E-state index contributed by atoms with van der Waals surface area (Å²) in [6.45, 7) is -0.749. The highest BCUT2D eigenvalue weighted by Crippen LogP contribution is 2.21. The molecule has 1 amide bonds. The van der Waals surface area contributed by atoms with E-state index in [0.717, 1.165) is 15.5 Å². The van der Waals surface area contributed by atoms with Gasteiger partial charge in [0.05, 0.1) is 0 Å². The number of carbonyl (C=O) groups excluding carboxylic acids is 1. The average molecular weight is 336 g/mol. The lowest BCUT2D eigenvalue weighted by Gasteiger charge is -2.07. The van der Waals surface area contributed by atoms with Crippen LogP contribution in [-0.2, 0) is 6.42 Å². The second-order valence-electron chi connectivity index (χ2n) is 5.40. The molecule has 0 bridgehead atoms. The summed E-state index contributed by atoms with van der Waals surface area (Å²) in [6, 6.07) is 4.35. The van der Waals surface area contributed by atoms with Crippen molar-refractivity contribution in [3.05, 3.63) is 53.5 Å². The summed E-state index contributed by atoms with van der Waals surface area (Å²) >= 11 is 0. The molecule has 0 aliphatic carbocycles. The van der Waals surface area contributed by atoms with Crippen molar-refractivity contribution in [3.8, 4) is 0 Å². The van der Waals surface area contributed by atoms with Crippen LogP contribution in [0.15, 0.2) is 30.6 Å². The van der Waals surface area contributed by atoms with Gasteiger partial charge in [-0.15, -0.1) is 0 Å². The molecule has 0 spiro atoms. The average Bonchev–Trinajstić information content (AvgIpc) is 3.13. The van der Waals surface area contributed by atoms with E-state index in [1.807, 2.05) is 0 Å². The van der Waals surface area contributed by atoms with Crippen LogP contribution in [0.3, 0.4) is 0 Å². The summed E-state index contributed by atoms with van der Waals surface area (Å²) in [7, 11) is 0. The van der Waals surface area contributed by atoms with Gasteiger partial charge >= 0.3 is 6.55 Å². The Balaban J connectivity index is 1.67. The zero-order valence-electron chi connectivity index (χ0n) is 12.8. The summed E-state index contributed by atoms with van der Waals surface area (Å²) < 4.78 is 39.5. The molecule has 3 aromatic rings. The predicted molar refractivity (Wildman–Crippen MR) is 82.5 cm³/mol. The second kappa shape index (κ2) is 6.38. The fourth-order valence-corrected chi connectivity index (χ4v) is 2.60. The minimum atomic E-state index is -2.66. The summed E-state index contributed by atoms with van der Waals surface area (Å²) in [5.74, 6) is -0.575. The van der Waals surface area contributed by atoms with E-state index in [2.05, 4.69) is 15.3 Å². The van der Waals surface area contributed by atoms with E-state index in [9.17, 15) is 18.0 Å². The van der Waals surface area contributed by atoms with Gasteiger partial charge in [-0.2, -0.15) is 8.78 Å². The van der Waals surface area contributed by atoms with Crippen LogP contribution in [0.1, 0.15) is 28.4 Å². The van der Waals surface area contributed by atoms with Crippen LogP contribution in [0.2, 0.25) is 0 Å². The van der Waals surface area contributed by atoms with Gasteiger partial charge < -0.3 is 10.3 Å². The number of amides is 1. The highest BCUT2D eigenvalue weighted by atomic mass is 19.3. The van der Waals surface area contributed by atoms with Crippen molar-refractivity contribution in [2.45, 2.75) is 19.9 Å². The molecular weight excluding hydrogens is 321 g/mol. The molecule has 24 heavy (non-hydrogen) atoms. The van der Waals surface area contributed by atoms with Crippen molar-refractivity contribution in [1.82, 2.24) is 19.9 Å². The zero-order chi connectivity index (χ0) is 17.3. The molecule has 0 unspecified atom stereocenters. The quantitative estimate of drug-likeness (QED) is 0.752. The minimum Gasteiger partial charge on any atom is -0.350 e. The van der Waals surface area contributed by atoms with E-state index in [4.69, 9.17) is 0 Å². The van der Waals surface area contributed by atoms with Gasteiger partial charge in [0.15, 0.2) is 0 Å². The molecule has 0 radical (unpaired) electrons. The Morgan fingerprint density at radius 2 is 2.17 bits per heavy atom. The molecule has 2 heterocycles. The van der Waals surface area contributed by atoms with Crippen LogP contribution >= 0.6 is 0 Å². The maximum Gasteiger partial charge on any atom is 0.319 e. The Morgan fingerprint density at radius 3 is 2.92 bits per heavy atom. The van der Waals surface area contributed by atoms with Gasteiger partial charge in [0.1, 0.15) is 17.3 Å². The van der Waals surface area contributed by atoms with E-state index in [0.29, 0.717) is 5.52 Å². The first kappa shape index (κ1) is 16.1. The van der Waals surface area contributed by atoms with E-state index in [-0.39, 0.29) is 36.2 Å². The van der Waals surface area contributed by atoms with Crippen LogP contribution < -0.4 is 5.32 Å². The van der Waals surface area contributed by atoms with E-state index >= 15 is 0 Å². The van der Waals surface area contributed by atoms with Gasteiger partial charge in [-0.1, -0.05) is 0 Å². The number of hydrogen-bond acceptors (Lipinski definition) is 2. The van der Waals surface area contributed by atoms with E-state index < -0.39 is 6.55 Å². The van der Waals surface area contributed by atoms with Crippen molar-refractivity contribution < 1.29 is 18.0 Å². The first-order valence-corrected chi connectivity index (χ1v) is 7.32. The van der Waals surface area contributed by atoms with Crippen molar-refractivity contribution in [2.24, 2.45) is 0 Å². The standard InChI is InChI=1S/C16H15F3N4O/c1-9-6-10(17)7-12-11(9)8-13(22-12)15(24)21-3-2-14-20-4-5-23(14)16(18)19/h4-8,16,22H,2-3H2,1H3,(H,21,24). The number of aryl methyl sites for hydroxylation is 1. The number of nitrogens with one attached hydrogen (secondary N) is 2. The maximum atomic E-state index is 13.4. The number of benzene rings is 1. The lowest BCUT2D eigenvalue weighted by atomic mass is 10.1. The van der Waals surface area contributed by atoms with Crippen LogP contribution in [0, 0.1) is 12.7 Å². The van der Waals surface area contributed by atoms with Gasteiger partial charge in [0.2, 0.25) is 0 Å². The van der Waals surface area contributed by atoms with Crippen LogP contribution in [0.25, 0.3) is 10.9 Å². The molecule has 2 N–H and O–H groups in total. The van der Waals surface area contributed by atoms with Crippen LogP contribution in [0.4, 0.5) is 13.2 Å². The first-order chi connectivity index (χ1) is 11.5.